The van der Waals surface area contributed by atoms with Crippen LogP contribution >= 0.6 is 23.2 Å². The predicted octanol–water partition coefficient (Wildman–Crippen LogP) is 3.00. The highest BCUT2D eigenvalue weighted by Crippen LogP contribution is 2.22. The molecule has 1 heterocycles. The van der Waals surface area contributed by atoms with Gasteiger partial charge in [0.05, 0.1) is 16.1 Å². The van der Waals surface area contributed by atoms with Crippen molar-refractivity contribution in [2.75, 3.05) is 11.9 Å². The van der Waals surface area contributed by atoms with Crippen molar-refractivity contribution in [3.05, 3.63) is 22.3 Å². The van der Waals surface area contributed by atoms with Crippen molar-refractivity contribution in [2.45, 2.75) is 51.0 Å². The molecule has 1 amide bonds. The minimum absolute atomic E-state index is 0.0752. The lowest BCUT2D eigenvalue weighted by atomic mass is 9.97. The first-order valence-corrected chi connectivity index (χ1v) is 8.35. The summed E-state index contributed by atoms with van der Waals surface area (Å²) < 4.78 is 0. The normalized spacial score (nSPS) is 17.0. The highest BCUT2D eigenvalue weighted by Gasteiger charge is 2.16. The molecule has 0 saturated heterocycles. The van der Waals surface area contributed by atoms with E-state index in [9.17, 15) is 4.79 Å². The summed E-state index contributed by atoms with van der Waals surface area (Å²) in [5.74, 6) is 0.297. The lowest BCUT2D eigenvalue weighted by Crippen LogP contribution is -2.91. The van der Waals surface area contributed by atoms with Crippen molar-refractivity contribution >= 4 is 34.9 Å². The molecule has 3 N–H and O–H groups in total. The summed E-state index contributed by atoms with van der Waals surface area (Å²) in [7, 11) is 0. The molecule has 6 heteroatoms. The van der Waals surface area contributed by atoms with E-state index in [4.69, 9.17) is 23.2 Å². The van der Waals surface area contributed by atoms with E-state index in [1.54, 1.807) is 6.07 Å². The fourth-order valence-corrected chi connectivity index (χ4v) is 3.11. The standard InChI is InChI=1S/C15H21Cl2N3O/c16-11-8-13(17)15(19-9-11)20-14(21)10-18-12-6-4-2-1-3-5-7-12/h8-9,12,18H,1-7,10H2,(H,19,20,21)/p+1. The van der Waals surface area contributed by atoms with E-state index >= 15 is 0 Å². The molecule has 0 aliphatic heterocycles. The molecule has 1 saturated carbocycles. The molecule has 1 aromatic rings. The third kappa shape index (κ3) is 5.81. The van der Waals surface area contributed by atoms with Crippen LogP contribution in [0.3, 0.4) is 0 Å². The molecule has 116 valence electrons. The number of quaternary nitrogens is 1. The molecular formula is C15H22Cl2N3O+. The molecule has 0 spiro atoms. The molecule has 1 fully saturated rings. The fraction of sp³-hybridized carbons (Fsp3) is 0.600. The van der Waals surface area contributed by atoms with Crippen LogP contribution in [0, 0.1) is 0 Å². The van der Waals surface area contributed by atoms with Gasteiger partial charge in [-0.1, -0.05) is 42.5 Å². The van der Waals surface area contributed by atoms with Gasteiger partial charge in [0.2, 0.25) is 0 Å². The number of carbonyl (C=O) groups is 1. The summed E-state index contributed by atoms with van der Waals surface area (Å²) >= 11 is 11.8. The van der Waals surface area contributed by atoms with Gasteiger partial charge in [-0.05, 0) is 31.7 Å². The van der Waals surface area contributed by atoms with E-state index in [1.165, 1.54) is 51.1 Å². The van der Waals surface area contributed by atoms with Gasteiger partial charge >= 0.3 is 0 Å². The highest BCUT2D eigenvalue weighted by molar-refractivity contribution is 6.36. The van der Waals surface area contributed by atoms with Gasteiger partial charge in [0.25, 0.3) is 5.91 Å². The molecule has 21 heavy (non-hydrogen) atoms. The van der Waals surface area contributed by atoms with E-state index in [0.29, 0.717) is 28.4 Å². The van der Waals surface area contributed by atoms with Gasteiger partial charge in [-0.15, -0.1) is 0 Å². The van der Waals surface area contributed by atoms with Crippen molar-refractivity contribution in [2.24, 2.45) is 0 Å². The number of nitrogens with zero attached hydrogens (tertiary/aromatic N) is 1. The maximum absolute atomic E-state index is 12.0. The number of rotatable bonds is 4. The second kappa shape index (κ2) is 8.57. The lowest BCUT2D eigenvalue weighted by Gasteiger charge is -2.18. The van der Waals surface area contributed by atoms with E-state index in [1.807, 2.05) is 0 Å². The molecule has 2 rings (SSSR count). The van der Waals surface area contributed by atoms with Gasteiger partial charge in [-0.3, -0.25) is 4.79 Å². The quantitative estimate of drug-likeness (QED) is 0.891. The van der Waals surface area contributed by atoms with Gasteiger partial charge in [0.15, 0.2) is 12.4 Å². The zero-order valence-electron chi connectivity index (χ0n) is 12.1. The van der Waals surface area contributed by atoms with Gasteiger partial charge in [0, 0.05) is 6.20 Å². The summed E-state index contributed by atoms with van der Waals surface area (Å²) in [5.41, 5.74) is 0. The van der Waals surface area contributed by atoms with Crippen molar-refractivity contribution in [3.63, 3.8) is 0 Å². The van der Waals surface area contributed by atoms with Crippen molar-refractivity contribution < 1.29 is 10.1 Å². The smallest absolute Gasteiger partial charge is 0.280 e. The first-order valence-electron chi connectivity index (χ1n) is 7.59. The average molecular weight is 331 g/mol. The number of nitrogens with one attached hydrogen (secondary N) is 1. The first-order chi connectivity index (χ1) is 10.1. The predicted molar refractivity (Wildman–Crippen MR) is 85.8 cm³/mol. The zero-order chi connectivity index (χ0) is 15.1. The Hall–Kier alpha value is -0.840. The van der Waals surface area contributed by atoms with Gasteiger partial charge in [-0.2, -0.15) is 0 Å². The maximum Gasteiger partial charge on any atom is 0.280 e. The number of anilines is 1. The second-order valence-electron chi connectivity index (χ2n) is 5.58. The molecule has 1 aromatic heterocycles. The minimum Gasteiger partial charge on any atom is -0.336 e. The maximum atomic E-state index is 12.0. The van der Waals surface area contributed by atoms with E-state index in [2.05, 4.69) is 15.6 Å². The van der Waals surface area contributed by atoms with Gasteiger partial charge in [-0.25, -0.2) is 4.98 Å². The van der Waals surface area contributed by atoms with Crippen LogP contribution < -0.4 is 10.6 Å². The number of nitrogens with two attached hydrogens (primary N) is 1. The molecule has 4 nitrogen and oxygen atoms in total. The minimum atomic E-state index is -0.0752. The topological polar surface area (TPSA) is 58.6 Å². The highest BCUT2D eigenvalue weighted by atomic mass is 35.5. The van der Waals surface area contributed by atoms with Crippen LogP contribution in [0.25, 0.3) is 0 Å². The zero-order valence-corrected chi connectivity index (χ0v) is 13.6. The number of pyridine rings is 1. The number of amides is 1. The Kier molecular flexibility index (Phi) is 6.74. The van der Waals surface area contributed by atoms with Crippen molar-refractivity contribution in [3.8, 4) is 0 Å². The number of hydrogen-bond acceptors (Lipinski definition) is 2. The van der Waals surface area contributed by atoms with Crippen LogP contribution in [-0.4, -0.2) is 23.5 Å². The largest absolute Gasteiger partial charge is 0.336 e. The molecule has 0 unspecified atom stereocenters. The van der Waals surface area contributed by atoms with E-state index < -0.39 is 0 Å². The summed E-state index contributed by atoms with van der Waals surface area (Å²) in [6, 6.07) is 2.13. The van der Waals surface area contributed by atoms with Crippen LogP contribution in [-0.2, 0) is 4.79 Å². The van der Waals surface area contributed by atoms with Gasteiger partial charge in [0.1, 0.15) is 0 Å². The summed E-state index contributed by atoms with van der Waals surface area (Å²) in [4.78, 5) is 16.0. The molecule has 0 radical (unpaired) electrons. The molecule has 0 atom stereocenters. The van der Waals surface area contributed by atoms with Crippen LogP contribution in [0.15, 0.2) is 12.3 Å². The van der Waals surface area contributed by atoms with Crippen LogP contribution in [0.4, 0.5) is 5.82 Å². The second-order valence-corrected chi connectivity index (χ2v) is 6.42. The summed E-state index contributed by atoms with van der Waals surface area (Å²) in [6.07, 6.45) is 10.4. The third-order valence-electron chi connectivity index (χ3n) is 3.85. The Morgan fingerprint density at radius 2 is 1.90 bits per heavy atom. The molecule has 0 aromatic carbocycles. The molecule has 0 bridgehead atoms. The Bertz CT molecular complexity index is 474. The molecular weight excluding hydrogens is 309 g/mol. The SMILES string of the molecule is O=C(C[NH2+]C1CCCCCCC1)Nc1ncc(Cl)cc1Cl. The van der Waals surface area contributed by atoms with Crippen LogP contribution in [0.5, 0.6) is 0 Å². The van der Waals surface area contributed by atoms with Crippen molar-refractivity contribution in [1.82, 2.24) is 4.98 Å². The average Bonchev–Trinajstić information content (AvgIpc) is 2.41. The number of halogens is 2. The van der Waals surface area contributed by atoms with E-state index in [0.717, 1.165) is 0 Å². The van der Waals surface area contributed by atoms with Crippen molar-refractivity contribution in [1.29, 1.82) is 0 Å². The third-order valence-corrected chi connectivity index (χ3v) is 4.35. The first kappa shape index (κ1) is 16.5. The Balaban J connectivity index is 1.78. The summed E-state index contributed by atoms with van der Waals surface area (Å²) in [5, 5.41) is 5.70. The Labute approximate surface area is 135 Å². The fourth-order valence-electron chi connectivity index (χ4n) is 2.69. The van der Waals surface area contributed by atoms with E-state index in [-0.39, 0.29) is 5.91 Å². The number of carbonyl (C=O) groups excluding carboxylic acids is 1. The van der Waals surface area contributed by atoms with Crippen LogP contribution in [0.1, 0.15) is 44.9 Å². The Morgan fingerprint density at radius 1 is 1.24 bits per heavy atom. The molecule has 1 aliphatic rings. The number of hydrogen-bond donors (Lipinski definition) is 2. The summed E-state index contributed by atoms with van der Waals surface area (Å²) in [6.45, 7) is 0.408. The molecule has 1 aliphatic carbocycles. The van der Waals surface area contributed by atoms with Crippen LogP contribution in [0.2, 0.25) is 10.0 Å². The lowest BCUT2D eigenvalue weighted by molar-refractivity contribution is -0.680. The Morgan fingerprint density at radius 3 is 2.57 bits per heavy atom. The number of aromatic nitrogens is 1. The monoisotopic (exact) mass is 330 g/mol. The van der Waals surface area contributed by atoms with Gasteiger partial charge < -0.3 is 10.6 Å².